The van der Waals surface area contributed by atoms with Crippen molar-refractivity contribution in [3.63, 3.8) is 0 Å². The number of aromatic hydroxyl groups is 1. The second-order valence-electron chi connectivity index (χ2n) is 4.87. The molecule has 0 aliphatic carbocycles. The van der Waals surface area contributed by atoms with Gasteiger partial charge in [-0.15, -0.1) is 11.3 Å². The first kappa shape index (κ1) is 15.8. The Kier molecular flexibility index (Phi) is 5.59. The zero-order valence-corrected chi connectivity index (χ0v) is 13.5. The minimum absolute atomic E-state index is 0.162. The summed E-state index contributed by atoms with van der Waals surface area (Å²) in [5, 5.41) is 16.2. The second kappa shape index (κ2) is 7.43. The Morgan fingerprint density at radius 1 is 1.38 bits per heavy atom. The van der Waals surface area contributed by atoms with Crippen LogP contribution in [0.5, 0.6) is 11.5 Å². The van der Waals surface area contributed by atoms with Gasteiger partial charge in [-0.05, 0) is 45.0 Å². The van der Waals surface area contributed by atoms with E-state index in [0.717, 1.165) is 29.2 Å². The third-order valence-corrected chi connectivity index (χ3v) is 4.08. The van der Waals surface area contributed by atoms with Crippen molar-refractivity contribution in [3.8, 4) is 22.1 Å². The molecule has 2 rings (SSSR count). The van der Waals surface area contributed by atoms with Gasteiger partial charge in [0.05, 0.1) is 12.3 Å². The fraction of sp³-hybridized carbons (Fsp3) is 0.438. The van der Waals surface area contributed by atoms with Crippen LogP contribution in [-0.2, 0) is 0 Å². The number of rotatable bonds is 7. The molecule has 0 saturated heterocycles. The van der Waals surface area contributed by atoms with Gasteiger partial charge in [-0.25, -0.2) is 4.98 Å². The number of nitrogens with one attached hydrogen (secondary N) is 1. The van der Waals surface area contributed by atoms with Gasteiger partial charge >= 0.3 is 0 Å². The topological polar surface area (TPSA) is 54.4 Å². The maximum absolute atomic E-state index is 9.75. The first-order valence-electron chi connectivity index (χ1n) is 7.30. The van der Waals surface area contributed by atoms with Crippen LogP contribution in [0, 0.1) is 0 Å². The molecule has 0 aliphatic heterocycles. The van der Waals surface area contributed by atoms with Crippen molar-refractivity contribution in [2.45, 2.75) is 33.2 Å². The molecular weight excluding hydrogens is 284 g/mol. The van der Waals surface area contributed by atoms with E-state index < -0.39 is 0 Å². The highest BCUT2D eigenvalue weighted by Gasteiger charge is 2.12. The number of thiazole rings is 1. The van der Waals surface area contributed by atoms with Crippen molar-refractivity contribution in [3.05, 3.63) is 29.3 Å². The maximum atomic E-state index is 9.75. The lowest BCUT2D eigenvalue weighted by atomic mass is 10.2. The van der Waals surface area contributed by atoms with Gasteiger partial charge in [0.25, 0.3) is 0 Å². The van der Waals surface area contributed by atoms with E-state index in [1.165, 1.54) is 0 Å². The highest BCUT2D eigenvalue weighted by molar-refractivity contribution is 7.13. The number of aromatic nitrogens is 1. The van der Waals surface area contributed by atoms with Crippen molar-refractivity contribution in [2.24, 2.45) is 0 Å². The number of hydrogen-bond acceptors (Lipinski definition) is 5. The van der Waals surface area contributed by atoms with Gasteiger partial charge in [0.1, 0.15) is 5.01 Å². The summed E-state index contributed by atoms with van der Waals surface area (Å²) in [4.78, 5) is 4.68. The molecule has 0 saturated carbocycles. The van der Waals surface area contributed by atoms with Crippen LogP contribution in [0.25, 0.3) is 10.6 Å². The Labute approximate surface area is 129 Å². The third kappa shape index (κ3) is 3.95. The Morgan fingerprint density at radius 2 is 2.19 bits per heavy atom. The Bertz CT molecular complexity index is 583. The maximum Gasteiger partial charge on any atom is 0.161 e. The van der Waals surface area contributed by atoms with Crippen LogP contribution in [0.2, 0.25) is 0 Å². The summed E-state index contributed by atoms with van der Waals surface area (Å²) in [6.45, 7) is 7.68. The molecule has 5 heteroatoms. The summed E-state index contributed by atoms with van der Waals surface area (Å²) in [7, 11) is 0. The summed E-state index contributed by atoms with van der Waals surface area (Å²) >= 11 is 1.61. The number of hydrogen-bond donors (Lipinski definition) is 2. The van der Waals surface area contributed by atoms with E-state index in [1.54, 1.807) is 17.4 Å². The molecule has 4 nitrogen and oxygen atoms in total. The summed E-state index contributed by atoms with van der Waals surface area (Å²) in [6.07, 6.45) is 1.11. The predicted octanol–water partition coefficient (Wildman–Crippen LogP) is 3.98. The first-order chi connectivity index (χ1) is 10.2. The predicted molar refractivity (Wildman–Crippen MR) is 87.1 cm³/mol. The normalized spacial score (nSPS) is 12.3. The number of phenols is 1. The highest BCUT2D eigenvalue weighted by Crippen LogP contribution is 2.33. The molecule has 0 amide bonds. The van der Waals surface area contributed by atoms with E-state index in [-0.39, 0.29) is 11.8 Å². The van der Waals surface area contributed by atoms with E-state index in [0.29, 0.717) is 12.4 Å². The average Bonchev–Trinajstić information content (AvgIpc) is 2.97. The summed E-state index contributed by atoms with van der Waals surface area (Å²) < 4.78 is 5.42. The molecule has 0 radical (unpaired) electrons. The van der Waals surface area contributed by atoms with Crippen molar-refractivity contribution in [1.29, 1.82) is 0 Å². The summed E-state index contributed by atoms with van der Waals surface area (Å²) in [5.41, 5.74) is 2.02. The third-order valence-electron chi connectivity index (χ3n) is 3.17. The first-order valence-corrected chi connectivity index (χ1v) is 8.18. The smallest absolute Gasteiger partial charge is 0.161 e. The molecule has 1 unspecified atom stereocenters. The summed E-state index contributed by atoms with van der Waals surface area (Å²) in [5.74, 6) is 0.666. The van der Waals surface area contributed by atoms with E-state index in [2.05, 4.69) is 29.5 Å². The van der Waals surface area contributed by atoms with Gasteiger partial charge in [0.15, 0.2) is 11.5 Å². The molecule has 1 aromatic heterocycles. The van der Waals surface area contributed by atoms with Crippen molar-refractivity contribution in [1.82, 2.24) is 10.3 Å². The van der Waals surface area contributed by atoms with Crippen LogP contribution in [0.15, 0.2) is 23.6 Å². The minimum Gasteiger partial charge on any atom is -0.504 e. The van der Waals surface area contributed by atoms with Crippen molar-refractivity contribution < 1.29 is 9.84 Å². The molecule has 2 N–H and O–H groups in total. The highest BCUT2D eigenvalue weighted by atomic mass is 32.1. The van der Waals surface area contributed by atoms with Crippen molar-refractivity contribution in [2.75, 3.05) is 13.2 Å². The molecule has 0 fully saturated rings. The Balaban J connectivity index is 2.19. The molecule has 0 spiro atoms. The van der Waals surface area contributed by atoms with E-state index >= 15 is 0 Å². The molecule has 2 aromatic rings. The van der Waals surface area contributed by atoms with Crippen LogP contribution >= 0.6 is 11.3 Å². The van der Waals surface area contributed by atoms with Crippen LogP contribution in [0.4, 0.5) is 0 Å². The SMILES string of the molecule is CCCNC(C)c1csc(-c2ccc(O)c(OCC)c2)n1. The lowest BCUT2D eigenvalue weighted by Gasteiger charge is -2.10. The number of phenolic OH excluding ortho intramolecular Hbond substituents is 1. The molecule has 1 atom stereocenters. The molecule has 114 valence electrons. The van der Waals surface area contributed by atoms with Gasteiger partial charge in [0, 0.05) is 17.0 Å². The minimum atomic E-state index is 0.162. The van der Waals surface area contributed by atoms with Gasteiger partial charge in [-0.1, -0.05) is 6.92 Å². The lowest BCUT2D eigenvalue weighted by Crippen LogP contribution is -2.19. The average molecular weight is 306 g/mol. The fourth-order valence-corrected chi connectivity index (χ4v) is 2.91. The van der Waals surface area contributed by atoms with Crippen LogP contribution in [0.1, 0.15) is 38.9 Å². The molecule has 1 heterocycles. The van der Waals surface area contributed by atoms with Crippen LogP contribution < -0.4 is 10.1 Å². The van der Waals surface area contributed by atoms with Crippen LogP contribution in [0.3, 0.4) is 0 Å². The lowest BCUT2D eigenvalue weighted by molar-refractivity contribution is 0.318. The number of nitrogens with zero attached hydrogens (tertiary/aromatic N) is 1. The Morgan fingerprint density at radius 3 is 2.90 bits per heavy atom. The van der Waals surface area contributed by atoms with E-state index in [4.69, 9.17) is 4.74 Å². The molecule has 0 aliphatic rings. The van der Waals surface area contributed by atoms with E-state index in [1.807, 2.05) is 19.1 Å². The van der Waals surface area contributed by atoms with Crippen LogP contribution in [-0.4, -0.2) is 23.2 Å². The second-order valence-corrected chi connectivity index (χ2v) is 5.73. The molecule has 1 aromatic carbocycles. The largest absolute Gasteiger partial charge is 0.504 e. The van der Waals surface area contributed by atoms with Gasteiger partial charge < -0.3 is 15.2 Å². The fourth-order valence-electron chi connectivity index (χ4n) is 2.00. The molecule has 21 heavy (non-hydrogen) atoms. The van der Waals surface area contributed by atoms with Gasteiger partial charge in [-0.3, -0.25) is 0 Å². The monoisotopic (exact) mass is 306 g/mol. The zero-order valence-electron chi connectivity index (χ0n) is 12.7. The van der Waals surface area contributed by atoms with E-state index in [9.17, 15) is 5.11 Å². The standard InChI is InChI=1S/C16H22N2O2S/c1-4-8-17-11(3)13-10-21-16(18-13)12-6-7-14(19)15(9-12)20-5-2/h6-7,9-11,17,19H,4-5,8H2,1-3H3. The Hall–Kier alpha value is -1.59. The van der Waals surface area contributed by atoms with Crippen molar-refractivity contribution >= 4 is 11.3 Å². The molecular formula is C16H22N2O2S. The quantitative estimate of drug-likeness (QED) is 0.812. The number of ether oxygens (including phenoxy) is 1. The van der Waals surface area contributed by atoms with Gasteiger partial charge in [0.2, 0.25) is 0 Å². The summed E-state index contributed by atoms with van der Waals surface area (Å²) in [6, 6.07) is 5.61. The zero-order chi connectivity index (χ0) is 15.2. The number of benzene rings is 1. The molecule has 0 bridgehead atoms. The van der Waals surface area contributed by atoms with Gasteiger partial charge in [-0.2, -0.15) is 0 Å².